The number of aromatic nitrogens is 4. The molecule has 1 aliphatic rings. The molecule has 3 rings (SSSR count). The number of fused-ring (bicyclic) bond motifs is 3. The lowest BCUT2D eigenvalue weighted by Crippen LogP contribution is -2.14. The van der Waals surface area contributed by atoms with Crippen molar-refractivity contribution in [2.24, 2.45) is 0 Å². The summed E-state index contributed by atoms with van der Waals surface area (Å²) in [4.78, 5) is 0. The summed E-state index contributed by atoms with van der Waals surface area (Å²) in [5, 5.41) is 11.3. The molecule has 0 radical (unpaired) electrons. The monoisotopic (exact) mass is 252 g/mol. The van der Waals surface area contributed by atoms with Crippen LogP contribution in [0, 0.1) is 0 Å². The number of nitrogens with zero attached hydrogens (tertiary/aromatic N) is 4. The summed E-state index contributed by atoms with van der Waals surface area (Å²) in [5.74, 6) is 1.50. The number of para-hydroxylation sites is 1. The zero-order valence-electron chi connectivity index (χ0n) is 7.01. The van der Waals surface area contributed by atoms with Gasteiger partial charge in [-0.1, -0.05) is 6.07 Å². The highest BCUT2D eigenvalue weighted by molar-refractivity contribution is 9.10. The van der Waals surface area contributed by atoms with E-state index in [1.807, 2.05) is 18.2 Å². The minimum atomic E-state index is 0.405. The highest BCUT2D eigenvalue weighted by atomic mass is 79.9. The minimum absolute atomic E-state index is 0.405. The van der Waals surface area contributed by atoms with E-state index in [0.29, 0.717) is 6.61 Å². The fraction of sp³-hybridized carbons (Fsp3) is 0.125. The van der Waals surface area contributed by atoms with Gasteiger partial charge < -0.3 is 4.74 Å². The molecule has 1 aliphatic heterocycles. The molecule has 0 spiro atoms. The highest BCUT2D eigenvalue weighted by Crippen LogP contribution is 2.34. The van der Waals surface area contributed by atoms with Gasteiger partial charge in [0.25, 0.3) is 0 Å². The summed E-state index contributed by atoms with van der Waals surface area (Å²) in [7, 11) is 0. The Bertz CT molecular complexity index is 496. The molecule has 5 nitrogen and oxygen atoms in total. The van der Waals surface area contributed by atoms with E-state index in [2.05, 4.69) is 31.5 Å². The lowest BCUT2D eigenvalue weighted by Gasteiger charge is -2.17. The van der Waals surface area contributed by atoms with Crippen molar-refractivity contribution in [3.8, 4) is 11.4 Å². The van der Waals surface area contributed by atoms with Crippen molar-refractivity contribution in [1.29, 1.82) is 0 Å². The van der Waals surface area contributed by atoms with Crippen molar-refractivity contribution in [3.05, 3.63) is 28.5 Å². The van der Waals surface area contributed by atoms with Crippen LogP contribution in [0.4, 0.5) is 0 Å². The summed E-state index contributed by atoms with van der Waals surface area (Å²) in [6, 6.07) is 5.76. The standard InChI is InChI=1S/C8H5BrN4O/c9-5-2-1-3-6-8(5)14-4-7-10-11-12-13(6)7/h1-3H,4H2. The molecule has 0 amide bonds. The summed E-state index contributed by atoms with van der Waals surface area (Å²) in [6.07, 6.45) is 0. The Balaban J connectivity index is 2.31. The SMILES string of the molecule is Brc1cccc2c1OCc1nnnn1-2. The van der Waals surface area contributed by atoms with E-state index in [-0.39, 0.29) is 0 Å². The topological polar surface area (TPSA) is 52.8 Å². The highest BCUT2D eigenvalue weighted by Gasteiger charge is 2.20. The van der Waals surface area contributed by atoms with Crippen LogP contribution in [0.2, 0.25) is 0 Å². The van der Waals surface area contributed by atoms with Crippen LogP contribution in [0.25, 0.3) is 5.69 Å². The Labute approximate surface area is 87.8 Å². The summed E-state index contributed by atoms with van der Waals surface area (Å²) in [5.41, 5.74) is 0.866. The minimum Gasteiger partial charge on any atom is -0.482 e. The van der Waals surface area contributed by atoms with Gasteiger partial charge in [0.2, 0.25) is 0 Å². The first-order valence-electron chi connectivity index (χ1n) is 4.05. The van der Waals surface area contributed by atoms with Crippen LogP contribution in [0.3, 0.4) is 0 Å². The fourth-order valence-corrected chi connectivity index (χ4v) is 1.90. The van der Waals surface area contributed by atoms with Gasteiger partial charge in [-0.3, -0.25) is 0 Å². The number of benzene rings is 1. The molecule has 0 aliphatic carbocycles. The maximum Gasteiger partial charge on any atom is 0.194 e. The Morgan fingerprint density at radius 3 is 3.29 bits per heavy atom. The third kappa shape index (κ3) is 0.971. The van der Waals surface area contributed by atoms with Gasteiger partial charge in [-0.05, 0) is 38.5 Å². The first-order valence-corrected chi connectivity index (χ1v) is 4.84. The number of hydrogen-bond acceptors (Lipinski definition) is 4. The lowest BCUT2D eigenvalue weighted by atomic mass is 10.2. The van der Waals surface area contributed by atoms with Crippen LogP contribution in [0.1, 0.15) is 5.82 Å². The molecular weight excluding hydrogens is 248 g/mol. The van der Waals surface area contributed by atoms with Crippen molar-refractivity contribution in [3.63, 3.8) is 0 Å². The van der Waals surface area contributed by atoms with Gasteiger partial charge in [0, 0.05) is 0 Å². The molecule has 1 aromatic carbocycles. The third-order valence-corrected chi connectivity index (χ3v) is 2.68. The van der Waals surface area contributed by atoms with Crippen molar-refractivity contribution >= 4 is 15.9 Å². The summed E-state index contributed by atoms with van der Waals surface area (Å²) in [6.45, 7) is 0.405. The van der Waals surface area contributed by atoms with Crippen LogP contribution in [-0.4, -0.2) is 20.2 Å². The van der Waals surface area contributed by atoms with Gasteiger partial charge in [-0.15, -0.1) is 5.10 Å². The number of tetrazole rings is 1. The first-order chi connectivity index (χ1) is 6.86. The number of hydrogen-bond donors (Lipinski definition) is 0. The molecule has 2 heterocycles. The van der Waals surface area contributed by atoms with Gasteiger partial charge in [0.05, 0.1) is 4.47 Å². The second kappa shape index (κ2) is 2.78. The zero-order valence-corrected chi connectivity index (χ0v) is 8.60. The third-order valence-electron chi connectivity index (χ3n) is 2.05. The summed E-state index contributed by atoms with van der Waals surface area (Å²) < 4.78 is 8.13. The van der Waals surface area contributed by atoms with Crippen LogP contribution in [-0.2, 0) is 6.61 Å². The van der Waals surface area contributed by atoms with Crippen molar-refractivity contribution < 1.29 is 4.74 Å². The molecular formula is C8H5BrN4O. The quantitative estimate of drug-likeness (QED) is 0.710. The zero-order chi connectivity index (χ0) is 9.54. The Morgan fingerprint density at radius 2 is 2.36 bits per heavy atom. The molecule has 14 heavy (non-hydrogen) atoms. The van der Waals surface area contributed by atoms with Crippen LogP contribution >= 0.6 is 15.9 Å². The van der Waals surface area contributed by atoms with E-state index in [1.54, 1.807) is 4.68 Å². The molecule has 0 saturated heterocycles. The van der Waals surface area contributed by atoms with E-state index < -0.39 is 0 Å². The van der Waals surface area contributed by atoms with E-state index in [1.165, 1.54) is 0 Å². The molecule has 0 fully saturated rings. The predicted octanol–water partition coefficient (Wildman–Crippen LogP) is 1.32. The molecule has 2 aromatic rings. The van der Waals surface area contributed by atoms with Crippen LogP contribution in [0.5, 0.6) is 5.75 Å². The largest absolute Gasteiger partial charge is 0.482 e. The Hall–Kier alpha value is -1.43. The van der Waals surface area contributed by atoms with Crippen molar-refractivity contribution in [2.45, 2.75) is 6.61 Å². The van der Waals surface area contributed by atoms with Crippen LogP contribution in [0.15, 0.2) is 22.7 Å². The molecule has 0 bridgehead atoms. The predicted molar refractivity (Wildman–Crippen MR) is 51.2 cm³/mol. The van der Waals surface area contributed by atoms with Gasteiger partial charge in [-0.25, -0.2) is 0 Å². The molecule has 0 unspecified atom stereocenters. The van der Waals surface area contributed by atoms with Crippen molar-refractivity contribution in [1.82, 2.24) is 20.2 Å². The molecule has 0 atom stereocenters. The molecule has 0 saturated carbocycles. The van der Waals surface area contributed by atoms with Gasteiger partial charge in [0.1, 0.15) is 5.69 Å². The average Bonchev–Trinajstić information content (AvgIpc) is 2.66. The lowest BCUT2D eigenvalue weighted by molar-refractivity contribution is 0.274. The Morgan fingerprint density at radius 1 is 1.43 bits per heavy atom. The Kier molecular flexibility index (Phi) is 1.57. The van der Waals surface area contributed by atoms with E-state index in [0.717, 1.165) is 21.7 Å². The first kappa shape index (κ1) is 7.93. The second-order valence-corrected chi connectivity index (χ2v) is 3.74. The van der Waals surface area contributed by atoms with Gasteiger partial charge in [0.15, 0.2) is 18.2 Å². The number of rotatable bonds is 0. The summed E-state index contributed by atoms with van der Waals surface area (Å²) >= 11 is 3.42. The van der Waals surface area contributed by atoms with E-state index in [4.69, 9.17) is 4.74 Å². The number of ether oxygens (including phenoxy) is 1. The van der Waals surface area contributed by atoms with E-state index in [9.17, 15) is 0 Å². The normalized spacial score (nSPS) is 12.9. The molecule has 1 aromatic heterocycles. The maximum atomic E-state index is 5.53. The molecule has 70 valence electrons. The smallest absolute Gasteiger partial charge is 0.194 e. The van der Waals surface area contributed by atoms with Crippen LogP contribution < -0.4 is 4.74 Å². The second-order valence-electron chi connectivity index (χ2n) is 2.88. The van der Waals surface area contributed by atoms with Gasteiger partial charge >= 0.3 is 0 Å². The number of halogens is 1. The average molecular weight is 253 g/mol. The van der Waals surface area contributed by atoms with Gasteiger partial charge in [-0.2, -0.15) is 4.68 Å². The van der Waals surface area contributed by atoms with E-state index >= 15 is 0 Å². The maximum absolute atomic E-state index is 5.53. The van der Waals surface area contributed by atoms with Crippen molar-refractivity contribution in [2.75, 3.05) is 0 Å². The molecule has 6 heteroatoms. The molecule has 0 N–H and O–H groups in total. The fourth-order valence-electron chi connectivity index (χ4n) is 1.43.